The van der Waals surface area contributed by atoms with Gasteiger partial charge in [-0.3, -0.25) is 0 Å². The lowest BCUT2D eigenvalue weighted by molar-refractivity contribution is -0.241. The molecule has 0 amide bonds. The summed E-state index contributed by atoms with van der Waals surface area (Å²) in [5.74, 6) is -2.08. The molecule has 1 aliphatic rings. The van der Waals surface area contributed by atoms with Crippen molar-refractivity contribution >= 4 is 18.6 Å². The second kappa shape index (κ2) is 14.6. The van der Waals surface area contributed by atoms with E-state index in [1.165, 1.54) is 0 Å². The fourth-order valence-corrected chi connectivity index (χ4v) is 4.69. The van der Waals surface area contributed by atoms with Crippen LogP contribution >= 0.6 is 12.6 Å². The number of carbonyl (C=O) groups excluding carboxylic acids is 1. The van der Waals surface area contributed by atoms with Crippen LogP contribution in [0.1, 0.15) is 28.4 Å². The van der Waals surface area contributed by atoms with Crippen LogP contribution in [0, 0.1) is 11.6 Å². The van der Waals surface area contributed by atoms with Crippen LogP contribution in [0.5, 0.6) is 5.75 Å². The average molecular weight is 575 g/mol. The number of rotatable bonds is 12. The molecule has 5 atom stereocenters. The first kappa shape index (κ1) is 30.0. The minimum Gasteiger partial charge on any atom is -0.497 e. The fourth-order valence-electron chi connectivity index (χ4n) is 4.30. The van der Waals surface area contributed by atoms with Gasteiger partial charge in [0.15, 0.2) is 6.10 Å². The molecule has 0 unspecified atom stereocenters. The molecular formula is C30H32F2O7S. The molecule has 0 spiro atoms. The summed E-state index contributed by atoms with van der Waals surface area (Å²) in [5.41, 5.74) is 0.221. The van der Waals surface area contributed by atoms with Gasteiger partial charge in [0.25, 0.3) is 0 Å². The number of halogens is 2. The zero-order valence-corrected chi connectivity index (χ0v) is 23.1. The third-order valence-electron chi connectivity index (χ3n) is 6.37. The van der Waals surface area contributed by atoms with Gasteiger partial charge >= 0.3 is 5.97 Å². The molecule has 1 heterocycles. The van der Waals surface area contributed by atoms with Gasteiger partial charge in [-0.2, -0.15) is 0 Å². The Bertz CT molecular complexity index is 1230. The molecule has 1 saturated heterocycles. The highest BCUT2D eigenvalue weighted by molar-refractivity contribution is 7.80. The van der Waals surface area contributed by atoms with Crippen molar-refractivity contribution in [3.63, 3.8) is 0 Å². The summed E-state index contributed by atoms with van der Waals surface area (Å²) in [6.07, 6.45) is -3.40. The first-order chi connectivity index (χ1) is 19.4. The molecule has 0 bridgehead atoms. The minimum absolute atomic E-state index is 0.129. The van der Waals surface area contributed by atoms with Crippen LogP contribution in [-0.4, -0.2) is 56.1 Å². The quantitative estimate of drug-likeness (QED) is 0.231. The predicted molar refractivity (Wildman–Crippen MR) is 146 cm³/mol. The van der Waals surface area contributed by atoms with E-state index in [0.717, 1.165) is 29.3 Å². The first-order valence-electron chi connectivity index (χ1n) is 12.9. The van der Waals surface area contributed by atoms with Crippen LogP contribution in [-0.2, 0) is 36.9 Å². The van der Waals surface area contributed by atoms with Crippen LogP contribution in [0.2, 0.25) is 0 Å². The second-order valence-corrected chi connectivity index (χ2v) is 9.61. The van der Waals surface area contributed by atoms with Crippen molar-refractivity contribution in [2.45, 2.75) is 50.0 Å². The van der Waals surface area contributed by atoms with Gasteiger partial charge in [-0.05, 0) is 48.4 Å². The third-order valence-corrected chi connectivity index (χ3v) is 6.79. The lowest BCUT2D eigenvalue weighted by Gasteiger charge is -2.44. The molecule has 3 aromatic carbocycles. The Morgan fingerprint density at radius 2 is 1.57 bits per heavy atom. The Kier molecular flexibility index (Phi) is 10.9. The number of thiol groups is 1. The van der Waals surface area contributed by atoms with Gasteiger partial charge < -0.3 is 28.4 Å². The van der Waals surface area contributed by atoms with E-state index in [-0.39, 0.29) is 19.8 Å². The van der Waals surface area contributed by atoms with Crippen molar-refractivity contribution in [2.75, 3.05) is 20.3 Å². The molecule has 0 radical (unpaired) electrons. The van der Waals surface area contributed by atoms with Crippen molar-refractivity contribution in [3.8, 4) is 5.75 Å². The van der Waals surface area contributed by atoms with Gasteiger partial charge in [0.05, 0.1) is 32.5 Å². The Morgan fingerprint density at radius 1 is 0.900 bits per heavy atom. The summed E-state index contributed by atoms with van der Waals surface area (Å²) in [6.45, 7) is 2.82. The largest absolute Gasteiger partial charge is 0.497 e. The highest BCUT2D eigenvalue weighted by atomic mass is 32.1. The molecular weight excluding hydrogens is 542 g/mol. The summed E-state index contributed by atoms with van der Waals surface area (Å²) in [5, 5.41) is 0. The van der Waals surface area contributed by atoms with Gasteiger partial charge in [0.1, 0.15) is 41.1 Å². The molecule has 214 valence electrons. The summed E-state index contributed by atoms with van der Waals surface area (Å²) in [7, 11) is 1.58. The van der Waals surface area contributed by atoms with Crippen LogP contribution in [0.15, 0.2) is 72.8 Å². The smallest absolute Gasteiger partial charge is 0.341 e. The summed E-state index contributed by atoms with van der Waals surface area (Å²) >= 11 is 4.54. The Labute approximate surface area is 237 Å². The molecule has 4 rings (SSSR count). The number of esters is 1. The van der Waals surface area contributed by atoms with Gasteiger partial charge in [0.2, 0.25) is 0 Å². The van der Waals surface area contributed by atoms with E-state index < -0.39 is 53.0 Å². The number of hydrogen-bond donors (Lipinski definition) is 1. The van der Waals surface area contributed by atoms with E-state index in [0.29, 0.717) is 12.4 Å². The maximum Gasteiger partial charge on any atom is 0.341 e. The minimum atomic E-state index is -1.13. The van der Waals surface area contributed by atoms with Crippen molar-refractivity contribution in [1.82, 2.24) is 0 Å². The highest BCUT2D eigenvalue weighted by Crippen LogP contribution is 2.32. The highest BCUT2D eigenvalue weighted by Gasteiger charge is 2.49. The zero-order valence-electron chi connectivity index (χ0n) is 22.2. The molecule has 0 aliphatic carbocycles. The van der Waals surface area contributed by atoms with Crippen LogP contribution in [0.4, 0.5) is 8.78 Å². The molecule has 1 fully saturated rings. The molecule has 40 heavy (non-hydrogen) atoms. The fraction of sp³-hybridized carbons (Fsp3) is 0.367. The molecule has 7 nitrogen and oxygen atoms in total. The van der Waals surface area contributed by atoms with E-state index in [1.54, 1.807) is 19.2 Å². The summed E-state index contributed by atoms with van der Waals surface area (Å²) in [4.78, 5) is 13.0. The third kappa shape index (κ3) is 7.80. The number of ether oxygens (including phenoxy) is 6. The maximum atomic E-state index is 14.4. The Balaban J connectivity index is 1.62. The standard InChI is InChI=1S/C30H32F2O7S/c1-3-35-18-25-26(36-16-19-7-5-4-6-8-19)27(37-17-20-9-12-22(34-2)13-10-20)28(30(40)38-25)39-29(33)23-15-21(31)11-14-24(23)32/h4-15,25-28,30,40H,3,16-18H2,1-2H3/t25-,26-,27+,28+,30+/m1/s1. The monoisotopic (exact) mass is 574 g/mol. The molecule has 1 aliphatic heterocycles. The van der Waals surface area contributed by atoms with E-state index in [9.17, 15) is 13.6 Å². The SMILES string of the molecule is CCOC[C@H]1O[C@@H](S)[C@@H](OC(=O)c2cc(F)ccc2F)[C@@H](OCc2ccc(OC)cc2)[C@@H]1OCc1ccccc1. The number of methoxy groups -OCH3 is 1. The topological polar surface area (TPSA) is 72.5 Å². The lowest BCUT2D eigenvalue weighted by Crippen LogP contribution is -2.60. The van der Waals surface area contributed by atoms with E-state index in [4.69, 9.17) is 28.4 Å². The Morgan fingerprint density at radius 3 is 2.25 bits per heavy atom. The lowest BCUT2D eigenvalue weighted by atomic mass is 9.98. The molecule has 0 aromatic heterocycles. The molecule has 0 N–H and O–H groups in total. The van der Waals surface area contributed by atoms with Gasteiger partial charge in [0, 0.05) is 6.61 Å². The van der Waals surface area contributed by atoms with Crippen molar-refractivity contribution in [2.24, 2.45) is 0 Å². The maximum absolute atomic E-state index is 14.4. The number of benzene rings is 3. The van der Waals surface area contributed by atoms with Crippen LogP contribution in [0.25, 0.3) is 0 Å². The van der Waals surface area contributed by atoms with E-state index in [2.05, 4.69) is 12.6 Å². The van der Waals surface area contributed by atoms with Crippen LogP contribution in [0.3, 0.4) is 0 Å². The van der Waals surface area contributed by atoms with Gasteiger partial charge in [-0.25, -0.2) is 13.6 Å². The number of carbonyl (C=O) groups is 1. The van der Waals surface area contributed by atoms with E-state index >= 15 is 0 Å². The summed E-state index contributed by atoms with van der Waals surface area (Å²) in [6, 6.07) is 19.4. The predicted octanol–water partition coefficient (Wildman–Crippen LogP) is 5.36. The number of hydrogen-bond acceptors (Lipinski definition) is 8. The van der Waals surface area contributed by atoms with Gasteiger partial charge in [-0.15, -0.1) is 12.6 Å². The van der Waals surface area contributed by atoms with Crippen molar-refractivity contribution in [3.05, 3.63) is 101 Å². The average Bonchev–Trinajstić information content (AvgIpc) is 2.97. The van der Waals surface area contributed by atoms with Crippen LogP contribution < -0.4 is 4.74 Å². The normalized spacial score (nSPS) is 22.6. The molecule has 10 heteroatoms. The second-order valence-electron chi connectivity index (χ2n) is 9.10. The summed E-state index contributed by atoms with van der Waals surface area (Å²) < 4.78 is 63.5. The molecule has 3 aromatic rings. The first-order valence-corrected chi connectivity index (χ1v) is 13.4. The van der Waals surface area contributed by atoms with E-state index in [1.807, 2.05) is 49.4 Å². The Hall–Kier alpha value is -3.02. The molecule has 0 saturated carbocycles. The van der Waals surface area contributed by atoms with Gasteiger partial charge in [-0.1, -0.05) is 42.5 Å². The van der Waals surface area contributed by atoms with Crippen molar-refractivity contribution < 1.29 is 42.0 Å². The van der Waals surface area contributed by atoms with Crippen molar-refractivity contribution in [1.29, 1.82) is 0 Å². The zero-order chi connectivity index (χ0) is 28.5.